The summed E-state index contributed by atoms with van der Waals surface area (Å²) < 4.78 is 69.7. The molecule has 0 aromatic heterocycles. The maximum Gasteiger partial charge on any atom is 0.133 e. The minimum atomic E-state index is -0.317. The van der Waals surface area contributed by atoms with E-state index in [1.807, 2.05) is 143 Å². The van der Waals surface area contributed by atoms with Crippen LogP contribution in [0.1, 0.15) is 283 Å². The Balaban J connectivity index is 0.000000572. The number of phenolic OH excluding ortho intramolecular Hbond substituents is 8. The molecule has 0 atom stereocenters. The van der Waals surface area contributed by atoms with Gasteiger partial charge in [0.05, 0.1) is 2.74 Å². The molecule has 12 heteroatoms. The van der Waals surface area contributed by atoms with Crippen LogP contribution in [-0.2, 0) is 0 Å². The van der Waals surface area contributed by atoms with Gasteiger partial charge in [0.25, 0.3) is 0 Å². The predicted molar refractivity (Wildman–Crippen MR) is 404 cm³/mol. The van der Waals surface area contributed by atoms with E-state index in [1.165, 1.54) is 11.6 Å². The van der Waals surface area contributed by atoms with Crippen molar-refractivity contribution in [3.8, 4) is 46.0 Å². The minimum absolute atomic E-state index is 0.0132. The van der Waals surface area contributed by atoms with Crippen LogP contribution in [0.3, 0.4) is 0 Å². The zero-order chi connectivity index (χ0) is 77.9. The van der Waals surface area contributed by atoms with E-state index in [0.29, 0.717) is 74.4 Å². The molecule has 8 aromatic carbocycles. The molecule has 0 bridgehead atoms. The van der Waals surface area contributed by atoms with Crippen molar-refractivity contribution in [3.05, 3.63) is 231 Å². The molecule has 0 radical (unpaired) electrons. The molecule has 540 valence electrons. The van der Waals surface area contributed by atoms with Gasteiger partial charge in [-0.25, -0.2) is 17.6 Å². The summed E-state index contributed by atoms with van der Waals surface area (Å²) in [6.45, 7) is 57.3. The van der Waals surface area contributed by atoms with E-state index in [4.69, 9.17) is 2.74 Å². The molecule has 0 aliphatic heterocycles. The van der Waals surface area contributed by atoms with Gasteiger partial charge < -0.3 is 40.9 Å². The van der Waals surface area contributed by atoms with Gasteiger partial charge in [0, 0.05) is 22.3 Å². The van der Waals surface area contributed by atoms with Gasteiger partial charge >= 0.3 is 0 Å². The smallest absolute Gasteiger partial charge is 0.133 e. The van der Waals surface area contributed by atoms with E-state index in [-0.39, 0.29) is 93.3 Å². The van der Waals surface area contributed by atoms with Gasteiger partial charge in [-0.3, -0.25) is 0 Å². The molecule has 98 heavy (non-hydrogen) atoms. The Kier molecular flexibility index (Phi) is 33.9. The van der Waals surface area contributed by atoms with Crippen LogP contribution in [-0.4, -0.2) is 40.9 Å². The van der Waals surface area contributed by atoms with Gasteiger partial charge in [-0.05, 0) is 299 Å². The van der Waals surface area contributed by atoms with E-state index in [2.05, 4.69) is 40.7 Å². The standard InChI is InChI=1S/3C11H15FO.3C11H16O.C10H13FO.C10H14O/c3*1-6(2)10-9(13)5-7(3)8(4)11(10)12;3*1-7(2)10-5-8(3)9(4)6-11(10)12;1-6(2)10-8(11)4-7(3)5-9(10)12;1-7(2)9-5-4-8(3)6-10(9)11/h3*5-6,13H,1-4H3;3*5-7,12H,1-4H3;4-6,12H,1-3H3;4-7,11H,1-3H3/i;;;2*5D;;;. The highest BCUT2D eigenvalue weighted by Crippen LogP contribution is 2.37. The molecule has 8 nitrogen and oxygen atoms in total. The molecular weight excluding hydrogens is 1240 g/mol. The molecule has 0 amide bonds. The highest BCUT2D eigenvalue weighted by molar-refractivity contribution is 5.48. The molecule has 0 saturated heterocycles. The number of phenols is 8. The number of rotatable bonds is 8. The molecule has 0 aliphatic rings. The summed E-state index contributed by atoms with van der Waals surface area (Å²) in [5.41, 5.74) is 17.6. The lowest BCUT2D eigenvalue weighted by molar-refractivity contribution is 0.451. The van der Waals surface area contributed by atoms with Crippen molar-refractivity contribution in [3.63, 3.8) is 0 Å². The Labute approximate surface area is 590 Å². The monoisotopic (exact) mass is 1360 g/mol. The summed E-state index contributed by atoms with van der Waals surface area (Å²) in [5.74, 6) is 1.72. The van der Waals surface area contributed by atoms with Crippen molar-refractivity contribution in [2.24, 2.45) is 0 Å². The number of aromatic hydroxyl groups is 8. The molecule has 8 rings (SSSR count). The van der Waals surface area contributed by atoms with Crippen LogP contribution in [0.5, 0.6) is 46.0 Å². The first-order valence-corrected chi connectivity index (χ1v) is 34.0. The summed E-state index contributed by atoms with van der Waals surface area (Å²) in [6, 6.07) is 22.0. The SMILES string of the molecule is Cc1cc(O)c(C(C)C)c(F)c1.Cc1cc(O)c(C(C)C)c(F)c1C.Cc1cc(O)c(C(C)C)c(F)c1C.Cc1cc(O)c(C(C)C)c(F)c1C.Cc1cc(O)c(C(C)C)cc1C.Cc1ccc(C(C)C)c(O)c1.[2H]c1c(C)c(C)cc(O)c1C(C)C.[2H]c1c(C)c(C)cc(O)c1C(C)C. The molecule has 0 aliphatic carbocycles. The second-order valence-electron chi connectivity index (χ2n) is 28.4. The van der Waals surface area contributed by atoms with Gasteiger partial charge in [-0.1, -0.05) is 141 Å². The first kappa shape index (κ1) is 84.1. The highest BCUT2D eigenvalue weighted by atomic mass is 19.1. The first-order chi connectivity index (χ1) is 45.9. The fourth-order valence-electron chi connectivity index (χ4n) is 10.4. The third-order valence-electron chi connectivity index (χ3n) is 17.2. The fourth-order valence-corrected chi connectivity index (χ4v) is 10.4. The zero-order valence-electron chi connectivity index (χ0n) is 66.6. The summed E-state index contributed by atoms with van der Waals surface area (Å²) in [4.78, 5) is 0. The largest absolute Gasteiger partial charge is 0.508 e. The van der Waals surface area contributed by atoms with Crippen molar-refractivity contribution >= 4 is 0 Å². The van der Waals surface area contributed by atoms with Crippen LogP contribution in [0.2, 0.25) is 0 Å². The van der Waals surface area contributed by atoms with Crippen LogP contribution in [0.4, 0.5) is 17.6 Å². The summed E-state index contributed by atoms with van der Waals surface area (Å²) in [7, 11) is 0. The quantitative estimate of drug-likeness (QED) is 0.0698. The van der Waals surface area contributed by atoms with E-state index in [1.54, 1.807) is 90.9 Å². The van der Waals surface area contributed by atoms with Crippen LogP contribution in [0, 0.1) is 120 Å². The van der Waals surface area contributed by atoms with Crippen LogP contribution < -0.4 is 0 Å². The van der Waals surface area contributed by atoms with Crippen LogP contribution >= 0.6 is 0 Å². The average Bonchev–Trinajstić information content (AvgIpc) is 0.838. The molecule has 0 unspecified atom stereocenters. The zero-order valence-corrected chi connectivity index (χ0v) is 64.6. The summed E-state index contributed by atoms with van der Waals surface area (Å²) in [5, 5.41) is 76.3. The Hall–Kier alpha value is -8.12. The van der Waals surface area contributed by atoms with E-state index in [0.717, 1.165) is 77.9 Å². The normalized spacial score (nSPS) is 11.1. The lowest BCUT2D eigenvalue weighted by atomic mass is 9.96. The molecular formula is C86H120F4O8. The third kappa shape index (κ3) is 25.6. The molecule has 0 fully saturated rings. The van der Waals surface area contributed by atoms with Crippen molar-refractivity contribution in [1.29, 1.82) is 0 Å². The van der Waals surface area contributed by atoms with Crippen molar-refractivity contribution in [2.75, 3.05) is 0 Å². The molecule has 8 N–H and O–H groups in total. The van der Waals surface area contributed by atoms with Gasteiger partial charge in [-0.15, -0.1) is 0 Å². The topological polar surface area (TPSA) is 162 Å². The number of benzene rings is 8. The lowest BCUT2D eigenvalue weighted by Gasteiger charge is -2.13. The van der Waals surface area contributed by atoms with Crippen LogP contribution in [0.25, 0.3) is 0 Å². The summed E-state index contributed by atoms with van der Waals surface area (Å²) >= 11 is 0. The van der Waals surface area contributed by atoms with E-state index >= 15 is 0 Å². The van der Waals surface area contributed by atoms with Crippen molar-refractivity contribution < 1.29 is 61.2 Å². The van der Waals surface area contributed by atoms with E-state index < -0.39 is 0 Å². The Morgan fingerprint density at radius 1 is 0.245 bits per heavy atom. The number of halogens is 4. The maximum atomic E-state index is 13.6. The molecule has 0 saturated carbocycles. The van der Waals surface area contributed by atoms with Gasteiger partial charge in [0.1, 0.15) is 69.3 Å². The Bertz CT molecular complexity index is 3620. The number of hydrogen-bond donors (Lipinski definition) is 8. The fraction of sp³-hybridized carbons (Fsp3) is 0.442. The predicted octanol–water partition coefficient (Wildman–Crippen LogP) is 25.0. The minimum Gasteiger partial charge on any atom is -0.508 e. The van der Waals surface area contributed by atoms with Gasteiger partial charge in [0.2, 0.25) is 0 Å². The maximum absolute atomic E-state index is 13.6. The number of hydrogen-bond acceptors (Lipinski definition) is 8. The second kappa shape index (κ2) is 39.5. The first-order valence-electron chi connectivity index (χ1n) is 35.0. The summed E-state index contributed by atoms with van der Waals surface area (Å²) in [6.07, 6.45) is 0. The Morgan fingerprint density at radius 3 is 0.765 bits per heavy atom. The highest BCUT2D eigenvalue weighted by Gasteiger charge is 2.19. The average molecular weight is 1360 g/mol. The number of aryl methyl sites for hydroxylation is 9. The van der Waals surface area contributed by atoms with Crippen molar-refractivity contribution in [2.45, 2.75) is 255 Å². The second-order valence-corrected chi connectivity index (χ2v) is 28.4. The lowest BCUT2D eigenvalue weighted by Crippen LogP contribution is -1.98. The van der Waals surface area contributed by atoms with Crippen molar-refractivity contribution in [1.82, 2.24) is 0 Å². The van der Waals surface area contributed by atoms with Gasteiger partial charge in [-0.2, -0.15) is 0 Å². The molecule has 0 heterocycles. The van der Waals surface area contributed by atoms with E-state index in [9.17, 15) is 58.4 Å². The van der Waals surface area contributed by atoms with Crippen LogP contribution in [0.15, 0.2) is 84.9 Å². The molecule has 0 spiro atoms. The Morgan fingerprint density at radius 2 is 0.490 bits per heavy atom. The third-order valence-corrected chi connectivity index (χ3v) is 17.2. The van der Waals surface area contributed by atoms with Gasteiger partial charge in [0.15, 0.2) is 0 Å². The molecule has 8 aromatic rings.